The van der Waals surface area contributed by atoms with Gasteiger partial charge in [0.1, 0.15) is 0 Å². The van der Waals surface area contributed by atoms with Gasteiger partial charge in [0.2, 0.25) is 15.9 Å². The lowest BCUT2D eigenvalue weighted by Gasteiger charge is -2.33. The molecule has 1 aromatic carbocycles. The first kappa shape index (κ1) is 18.7. The molecule has 1 unspecified atom stereocenters. The second-order valence-electron chi connectivity index (χ2n) is 6.60. The summed E-state index contributed by atoms with van der Waals surface area (Å²) in [6, 6.07) is 5.06. The van der Waals surface area contributed by atoms with Crippen molar-refractivity contribution in [3.63, 3.8) is 0 Å². The Kier molecular flexibility index (Phi) is 5.72. The molecule has 1 saturated heterocycles. The Morgan fingerprint density at radius 1 is 1.24 bits per heavy atom. The van der Waals surface area contributed by atoms with E-state index in [4.69, 9.17) is 0 Å². The quantitative estimate of drug-likeness (QED) is 0.862. The summed E-state index contributed by atoms with van der Waals surface area (Å²) in [4.78, 5) is 15.5. The van der Waals surface area contributed by atoms with E-state index < -0.39 is 10.0 Å². The Hall–Kier alpha value is -1.09. The molecular formula is C17H25N3O3S2. The summed E-state index contributed by atoms with van der Waals surface area (Å²) < 4.78 is 27.5. The number of piperazine rings is 1. The Labute approximate surface area is 154 Å². The molecule has 138 valence electrons. The first-order valence-corrected chi connectivity index (χ1v) is 11.1. The van der Waals surface area contributed by atoms with E-state index in [0.29, 0.717) is 24.5 Å². The molecule has 1 amide bonds. The van der Waals surface area contributed by atoms with Crippen molar-refractivity contribution in [2.75, 3.05) is 43.8 Å². The molecule has 0 aliphatic carbocycles. The summed E-state index contributed by atoms with van der Waals surface area (Å²) in [5.41, 5.74) is 0.602. The van der Waals surface area contributed by atoms with Crippen LogP contribution in [-0.2, 0) is 14.8 Å². The fraction of sp³-hybridized carbons (Fsp3) is 0.588. The number of rotatable bonds is 4. The van der Waals surface area contributed by atoms with Crippen molar-refractivity contribution in [2.24, 2.45) is 5.92 Å². The number of benzene rings is 1. The van der Waals surface area contributed by atoms with Gasteiger partial charge in [0.05, 0.1) is 10.6 Å². The van der Waals surface area contributed by atoms with E-state index in [1.165, 1.54) is 0 Å². The first-order valence-electron chi connectivity index (χ1n) is 8.72. The molecule has 2 aliphatic rings. The van der Waals surface area contributed by atoms with Gasteiger partial charge in [-0.25, -0.2) is 8.42 Å². The zero-order valence-corrected chi connectivity index (χ0v) is 16.3. The molecule has 1 fully saturated rings. The van der Waals surface area contributed by atoms with Crippen LogP contribution in [0.25, 0.3) is 0 Å². The minimum atomic E-state index is -3.53. The fourth-order valence-electron chi connectivity index (χ4n) is 3.10. The minimum Gasteiger partial charge on any atom is -0.325 e. The number of fused-ring (bicyclic) bond motifs is 1. The van der Waals surface area contributed by atoms with Gasteiger partial charge in [-0.15, -0.1) is 11.8 Å². The van der Waals surface area contributed by atoms with Crippen LogP contribution in [0.1, 0.15) is 20.3 Å². The van der Waals surface area contributed by atoms with E-state index in [9.17, 15) is 13.2 Å². The number of hydrogen-bond donors (Lipinski definition) is 1. The number of nitrogens with zero attached hydrogens (tertiary/aromatic N) is 2. The number of hydrogen-bond acceptors (Lipinski definition) is 5. The van der Waals surface area contributed by atoms with Crippen molar-refractivity contribution in [1.82, 2.24) is 9.21 Å². The molecule has 3 rings (SSSR count). The highest BCUT2D eigenvalue weighted by molar-refractivity contribution is 7.99. The van der Waals surface area contributed by atoms with Crippen LogP contribution < -0.4 is 5.32 Å². The number of thioether (sulfide) groups is 1. The van der Waals surface area contributed by atoms with Crippen LogP contribution in [0.5, 0.6) is 0 Å². The van der Waals surface area contributed by atoms with Gasteiger partial charge >= 0.3 is 0 Å². The maximum Gasteiger partial charge on any atom is 0.243 e. The van der Waals surface area contributed by atoms with Crippen LogP contribution in [0, 0.1) is 5.92 Å². The normalized spacial score (nSPS) is 23.0. The van der Waals surface area contributed by atoms with Gasteiger partial charge in [0.25, 0.3) is 0 Å². The molecule has 6 nitrogen and oxygen atoms in total. The predicted molar refractivity (Wildman–Crippen MR) is 100 cm³/mol. The third-order valence-corrected chi connectivity index (χ3v) is 7.88. The van der Waals surface area contributed by atoms with Crippen LogP contribution in [0.15, 0.2) is 28.0 Å². The number of carbonyl (C=O) groups excluding carboxylic acids is 1. The largest absolute Gasteiger partial charge is 0.325 e. The Bertz CT molecular complexity index is 744. The molecule has 1 N–H and O–H groups in total. The van der Waals surface area contributed by atoms with Gasteiger partial charge in [-0.1, -0.05) is 13.8 Å². The lowest BCUT2D eigenvalue weighted by atomic mass is 10.2. The molecule has 0 bridgehead atoms. The van der Waals surface area contributed by atoms with Gasteiger partial charge in [-0.05, 0) is 31.2 Å². The zero-order chi connectivity index (χ0) is 18.0. The average molecular weight is 384 g/mol. The molecule has 8 heteroatoms. The summed E-state index contributed by atoms with van der Waals surface area (Å²) in [6.07, 6.45) is 1.08. The highest BCUT2D eigenvalue weighted by Gasteiger charge is 2.29. The lowest BCUT2D eigenvalue weighted by Crippen LogP contribution is -2.48. The van der Waals surface area contributed by atoms with E-state index in [2.05, 4.69) is 17.1 Å². The maximum atomic E-state index is 13.0. The third-order valence-electron chi connectivity index (χ3n) is 4.65. The van der Waals surface area contributed by atoms with Gasteiger partial charge in [0.15, 0.2) is 0 Å². The van der Waals surface area contributed by atoms with E-state index >= 15 is 0 Å². The molecule has 25 heavy (non-hydrogen) atoms. The Balaban J connectivity index is 1.80. The average Bonchev–Trinajstić information content (AvgIpc) is 2.74. The second kappa shape index (κ2) is 7.65. The van der Waals surface area contributed by atoms with Crippen LogP contribution in [0.4, 0.5) is 5.69 Å². The van der Waals surface area contributed by atoms with E-state index in [1.807, 2.05) is 6.92 Å². The first-order chi connectivity index (χ1) is 11.9. The summed E-state index contributed by atoms with van der Waals surface area (Å²) in [5, 5.41) is 2.86. The lowest BCUT2D eigenvalue weighted by molar-refractivity contribution is -0.118. The number of nitrogens with one attached hydrogen (secondary N) is 1. The molecular weight excluding hydrogens is 358 g/mol. The molecule has 2 heterocycles. The SMILES string of the molecule is CCCN1CCN(S(=O)(=O)c2ccc3c(c2)NC(=O)C(C)CS3)CC1. The smallest absolute Gasteiger partial charge is 0.243 e. The summed E-state index contributed by atoms with van der Waals surface area (Å²) in [7, 11) is -3.53. The van der Waals surface area contributed by atoms with Crippen molar-refractivity contribution in [3.05, 3.63) is 18.2 Å². The number of amides is 1. The number of carbonyl (C=O) groups is 1. The Morgan fingerprint density at radius 3 is 2.64 bits per heavy atom. The van der Waals surface area contributed by atoms with Crippen LogP contribution >= 0.6 is 11.8 Å². The number of anilines is 1. The van der Waals surface area contributed by atoms with Crippen LogP contribution in [-0.4, -0.2) is 62.0 Å². The van der Waals surface area contributed by atoms with Crippen molar-refractivity contribution in [2.45, 2.75) is 30.1 Å². The topological polar surface area (TPSA) is 69.7 Å². The van der Waals surface area contributed by atoms with Gasteiger partial charge in [-0.3, -0.25) is 4.79 Å². The third kappa shape index (κ3) is 4.02. The van der Waals surface area contributed by atoms with Gasteiger partial charge in [0, 0.05) is 42.7 Å². The predicted octanol–water partition coefficient (Wildman–Crippen LogP) is 2.08. The van der Waals surface area contributed by atoms with Gasteiger partial charge < -0.3 is 10.2 Å². The fourth-order valence-corrected chi connectivity index (χ4v) is 5.56. The van der Waals surface area contributed by atoms with Gasteiger partial charge in [-0.2, -0.15) is 4.31 Å². The van der Waals surface area contributed by atoms with E-state index in [0.717, 1.165) is 31.0 Å². The second-order valence-corrected chi connectivity index (χ2v) is 9.60. The maximum absolute atomic E-state index is 13.0. The molecule has 2 aliphatic heterocycles. The standard InChI is InChI=1S/C17H25N3O3S2/c1-3-6-19-7-9-20(10-8-19)25(22,23)14-4-5-16-15(11-14)18-17(21)13(2)12-24-16/h4-5,11,13H,3,6-10,12H2,1-2H3,(H,18,21). The summed E-state index contributed by atoms with van der Waals surface area (Å²) in [5.74, 6) is 0.544. The van der Waals surface area contributed by atoms with Crippen LogP contribution in [0.3, 0.4) is 0 Å². The van der Waals surface area contributed by atoms with Crippen molar-refractivity contribution in [1.29, 1.82) is 0 Å². The van der Waals surface area contributed by atoms with E-state index in [1.54, 1.807) is 34.3 Å². The molecule has 0 aromatic heterocycles. The molecule has 1 aromatic rings. The molecule has 1 atom stereocenters. The molecule has 0 radical (unpaired) electrons. The number of sulfonamides is 1. The highest BCUT2D eigenvalue weighted by Crippen LogP contribution is 2.34. The molecule has 0 spiro atoms. The zero-order valence-electron chi connectivity index (χ0n) is 14.7. The summed E-state index contributed by atoms with van der Waals surface area (Å²) in [6.45, 7) is 7.57. The van der Waals surface area contributed by atoms with Crippen molar-refractivity contribution >= 4 is 33.4 Å². The van der Waals surface area contributed by atoms with Crippen LogP contribution in [0.2, 0.25) is 0 Å². The molecule has 0 saturated carbocycles. The highest BCUT2D eigenvalue weighted by atomic mass is 32.2. The minimum absolute atomic E-state index is 0.0611. The monoisotopic (exact) mass is 383 g/mol. The van der Waals surface area contributed by atoms with E-state index in [-0.39, 0.29) is 16.7 Å². The summed E-state index contributed by atoms with van der Waals surface area (Å²) >= 11 is 1.58. The van der Waals surface area contributed by atoms with Crippen molar-refractivity contribution in [3.8, 4) is 0 Å². The van der Waals surface area contributed by atoms with Crippen molar-refractivity contribution < 1.29 is 13.2 Å². The Morgan fingerprint density at radius 2 is 1.96 bits per heavy atom.